The molecule has 0 radical (unpaired) electrons. The summed E-state index contributed by atoms with van der Waals surface area (Å²) in [6.45, 7) is 0.415. The third-order valence-corrected chi connectivity index (χ3v) is 4.65. The van der Waals surface area contributed by atoms with E-state index in [2.05, 4.69) is 20.5 Å². The lowest BCUT2D eigenvalue weighted by Crippen LogP contribution is -2.32. The molecule has 0 aromatic carbocycles. The Morgan fingerprint density at radius 3 is 2.64 bits per heavy atom. The number of hydrogen-bond acceptors (Lipinski definition) is 5. The molecule has 1 aliphatic carbocycles. The smallest absolute Gasteiger partial charge is 0.352 e. The Morgan fingerprint density at radius 1 is 1.36 bits per heavy atom. The van der Waals surface area contributed by atoms with Crippen molar-refractivity contribution in [3.05, 3.63) is 24.5 Å². The Bertz CT molecular complexity index is 745. The van der Waals surface area contributed by atoms with Crippen molar-refractivity contribution in [3.63, 3.8) is 0 Å². The fourth-order valence-electron chi connectivity index (χ4n) is 2.17. The van der Waals surface area contributed by atoms with Gasteiger partial charge in [-0.3, -0.25) is 14.3 Å². The summed E-state index contributed by atoms with van der Waals surface area (Å²) in [4.78, 5) is 15.9. The molecular formula is C15H16F3N5OS. The van der Waals surface area contributed by atoms with Crippen LogP contribution in [-0.2, 0) is 11.3 Å². The lowest BCUT2D eigenvalue weighted by Gasteiger charge is -2.15. The molecule has 2 heterocycles. The number of hydrogen-bond donors (Lipinski definition) is 1. The zero-order chi connectivity index (χ0) is 18.0. The quantitative estimate of drug-likeness (QED) is 0.791. The standard InChI is InChI=1S/C15H16F3N5OS/c1-9(13(24)20-11-2-3-11)25-14-22-21-12(10-4-6-19-7-5-10)23(14)8-15(16,17)18/h4-7,9,11H,2-3,8H2,1H3,(H,20,24). The fraction of sp³-hybridized carbons (Fsp3) is 0.467. The number of alkyl halides is 3. The van der Waals surface area contributed by atoms with Gasteiger partial charge in [0.1, 0.15) is 6.54 Å². The van der Waals surface area contributed by atoms with E-state index in [0.29, 0.717) is 5.56 Å². The van der Waals surface area contributed by atoms with Crippen LogP contribution in [0.2, 0.25) is 0 Å². The van der Waals surface area contributed by atoms with E-state index in [-0.39, 0.29) is 22.9 Å². The highest BCUT2D eigenvalue weighted by Crippen LogP contribution is 2.30. The molecule has 0 aliphatic heterocycles. The van der Waals surface area contributed by atoms with E-state index in [1.807, 2.05) is 0 Å². The molecule has 1 fully saturated rings. The summed E-state index contributed by atoms with van der Waals surface area (Å²) in [6, 6.07) is 3.32. The summed E-state index contributed by atoms with van der Waals surface area (Å²) in [7, 11) is 0. The van der Waals surface area contributed by atoms with Crippen LogP contribution >= 0.6 is 11.8 Å². The van der Waals surface area contributed by atoms with Gasteiger partial charge in [-0.05, 0) is 31.9 Å². The molecular weight excluding hydrogens is 355 g/mol. The number of thioether (sulfide) groups is 1. The number of pyridine rings is 1. The van der Waals surface area contributed by atoms with Crippen LogP contribution in [0.25, 0.3) is 11.4 Å². The number of nitrogens with zero attached hydrogens (tertiary/aromatic N) is 4. The molecule has 3 rings (SSSR count). The Balaban J connectivity index is 1.85. The van der Waals surface area contributed by atoms with Gasteiger partial charge in [-0.15, -0.1) is 10.2 Å². The first-order valence-electron chi connectivity index (χ1n) is 7.71. The molecule has 0 saturated heterocycles. The number of amides is 1. The topological polar surface area (TPSA) is 72.7 Å². The third-order valence-electron chi connectivity index (χ3n) is 3.57. The normalized spacial score (nSPS) is 15.8. The van der Waals surface area contributed by atoms with Crippen LogP contribution in [0.4, 0.5) is 13.2 Å². The number of carbonyl (C=O) groups excluding carboxylic acids is 1. The van der Waals surface area contributed by atoms with Gasteiger partial charge in [-0.25, -0.2) is 0 Å². The summed E-state index contributed by atoms with van der Waals surface area (Å²) in [5.74, 6) is -0.114. The predicted molar refractivity (Wildman–Crippen MR) is 85.8 cm³/mol. The second kappa shape index (κ2) is 7.03. The second-order valence-electron chi connectivity index (χ2n) is 5.79. The van der Waals surface area contributed by atoms with Crippen molar-refractivity contribution in [2.75, 3.05) is 0 Å². The molecule has 0 spiro atoms. The summed E-state index contributed by atoms with van der Waals surface area (Å²) < 4.78 is 40.0. The van der Waals surface area contributed by atoms with E-state index in [4.69, 9.17) is 0 Å². The molecule has 134 valence electrons. The van der Waals surface area contributed by atoms with Crippen molar-refractivity contribution in [2.24, 2.45) is 0 Å². The monoisotopic (exact) mass is 371 g/mol. The summed E-state index contributed by atoms with van der Waals surface area (Å²) >= 11 is 0.966. The van der Waals surface area contributed by atoms with E-state index < -0.39 is 18.0 Å². The van der Waals surface area contributed by atoms with Crippen LogP contribution in [0.15, 0.2) is 29.7 Å². The minimum absolute atomic E-state index is 0.0579. The molecule has 25 heavy (non-hydrogen) atoms. The Morgan fingerprint density at radius 2 is 2.04 bits per heavy atom. The highest BCUT2D eigenvalue weighted by molar-refractivity contribution is 8.00. The molecule has 1 atom stereocenters. The van der Waals surface area contributed by atoms with Crippen molar-refractivity contribution in [3.8, 4) is 11.4 Å². The molecule has 0 bridgehead atoms. The molecule has 1 aliphatic rings. The number of carbonyl (C=O) groups is 1. The SMILES string of the molecule is CC(Sc1nnc(-c2ccncc2)n1CC(F)(F)F)C(=O)NC1CC1. The zero-order valence-electron chi connectivity index (χ0n) is 13.3. The summed E-state index contributed by atoms with van der Waals surface area (Å²) in [6.07, 6.45) is 0.402. The minimum Gasteiger partial charge on any atom is -0.352 e. The Labute approximate surface area is 146 Å². The van der Waals surface area contributed by atoms with E-state index in [1.165, 1.54) is 12.4 Å². The van der Waals surface area contributed by atoms with Crippen molar-refractivity contribution in [1.82, 2.24) is 25.1 Å². The zero-order valence-corrected chi connectivity index (χ0v) is 14.1. The van der Waals surface area contributed by atoms with Crippen molar-refractivity contribution in [1.29, 1.82) is 0 Å². The molecule has 6 nitrogen and oxygen atoms in total. The van der Waals surface area contributed by atoms with Crippen molar-refractivity contribution >= 4 is 17.7 Å². The number of halogens is 3. The van der Waals surface area contributed by atoms with Crippen LogP contribution < -0.4 is 5.32 Å². The van der Waals surface area contributed by atoms with Gasteiger partial charge in [-0.1, -0.05) is 11.8 Å². The molecule has 1 amide bonds. The van der Waals surface area contributed by atoms with E-state index in [1.54, 1.807) is 19.1 Å². The van der Waals surface area contributed by atoms with Gasteiger partial charge in [0.05, 0.1) is 5.25 Å². The van der Waals surface area contributed by atoms with Crippen LogP contribution in [0.5, 0.6) is 0 Å². The Hall–Kier alpha value is -2.10. The van der Waals surface area contributed by atoms with E-state index >= 15 is 0 Å². The molecule has 1 saturated carbocycles. The van der Waals surface area contributed by atoms with Gasteiger partial charge in [0, 0.05) is 24.0 Å². The summed E-state index contributed by atoms with van der Waals surface area (Å²) in [5, 5.41) is 10.1. The van der Waals surface area contributed by atoms with Crippen molar-refractivity contribution < 1.29 is 18.0 Å². The number of aromatic nitrogens is 4. The predicted octanol–water partition coefficient (Wildman–Crippen LogP) is 2.66. The average molecular weight is 371 g/mol. The first kappa shape index (κ1) is 17.7. The maximum atomic E-state index is 13.0. The first-order chi connectivity index (χ1) is 11.8. The van der Waals surface area contributed by atoms with E-state index in [9.17, 15) is 18.0 Å². The van der Waals surface area contributed by atoms with Crippen LogP contribution in [0, 0.1) is 0 Å². The van der Waals surface area contributed by atoms with Gasteiger partial charge in [0.25, 0.3) is 0 Å². The lowest BCUT2D eigenvalue weighted by molar-refractivity contribution is -0.141. The largest absolute Gasteiger partial charge is 0.406 e. The second-order valence-corrected chi connectivity index (χ2v) is 7.09. The van der Waals surface area contributed by atoms with Gasteiger partial charge < -0.3 is 5.32 Å². The van der Waals surface area contributed by atoms with Gasteiger partial charge >= 0.3 is 6.18 Å². The Kier molecular flexibility index (Phi) is 4.98. The molecule has 10 heteroatoms. The number of nitrogens with one attached hydrogen (secondary N) is 1. The van der Waals surface area contributed by atoms with Gasteiger partial charge in [-0.2, -0.15) is 13.2 Å². The molecule has 2 aromatic heterocycles. The van der Waals surface area contributed by atoms with Crippen molar-refractivity contribution in [2.45, 2.75) is 48.9 Å². The molecule has 2 aromatic rings. The summed E-state index contributed by atoms with van der Waals surface area (Å²) in [5.41, 5.74) is 0.480. The molecule has 1 unspecified atom stereocenters. The maximum Gasteiger partial charge on any atom is 0.406 e. The van der Waals surface area contributed by atoms with Gasteiger partial charge in [0.2, 0.25) is 5.91 Å². The maximum absolute atomic E-state index is 13.0. The number of rotatable bonds is 6. The van der Waals surface area contributed by atoms with Crippen LogP contribution in [0.3, 0.4) is 0 Å². The van der Waals surface area contributed by atoms with E-state index in [0.717, 1.165) is 29.2 Å². The van der Waals surface area contributed by atoms with Crippen LogP contribution in [-0.4, -0.2) is 43.1 Å². The third kappa shape index (κ3) is 4.71. The van der Waals surface area contributed by atoms with Crippen LogP contribution in [0.1, 0.15) is 19.8 Å². The lowest BCUT2D eigenvalue weighted by atomic mass is 10.2. The first-order valence-corrected chi connectivity index (χ1v) is 8.59. The fourth-order valence-corrected chi connectivity index (χ4v) is 3.03. The highest BCUT2D eigenvalue weighted by Gasteiger charge is 2.33. The van der Waals surface area contributed by atoms with Gasteiger partial charge in [0.15, 0.2) is 11.0 Å². The molecule has 1 N–H and O–H groups in total. The average Bonchev–Trinajstić information content (AvgIpc) is 3.29. The minimum atomic E-state index is -4.43. The highest BCUT2D eigenvalue weighted by atomic mass is 32.2.